The molecule has 2 heterocycles. The van der Waals surface area contributed by atoms with Gasteiger partial charge >= 0.3 is 0 Å². The normalized spacial score (nSPS) is 18.3. The van der Waals surface area contributed by atoms with Crippen molar-refractivity contribution in [1.82, 2.24) is 5.16 Å². The van der Waals surface area contributed by atoms with E-state index in [4.69, 9.17) is 4.52 Å². The van der Waals surface area contributed by atoms with Gasteiger partial charge in [0.1, 0.15) is 0 Å². The summed E-state index contributed by atoms with van der Waals surface area (Å²) < 4.78 is 5.14. The maximum absolute atomic E-state index is 12.8. The van der Waals surface area contributed by atoms with Crippen LogP contribution in [-0.2, 0) is 0 Å². The monoisotopic (exact) mass is 285 g/mol. The van der Waals surface area contributed by atoms with Crippen LogP contribution in [0, 0.1) is 12.8 Å². The molecular weight excluding hydrogens is 266 g/mol. The number of carbonyl (C=O) groups is 1. The van der Waals surface area contributed by atoms with Gasteiger partial charge in [0.05, 0.1) is 17.1 Å². The van der Waals surface area contributed by atoms with Crippen LogP contribution >= 0.6 is 0 Å². The number of fused-ring (bicyclic) bond motifs is 1. The average molecular weight is 285 g/mol. The highest BCUT2D eigenvalue weighted by molar-refractivity contribution is 6.06. The number of rotatable bonds is 1. The van der Waals surface area contributed by atoms with E-state index in [2.05, 4.69) is 24.0 Å². The molecule has 1 amide bonds. The van der Waals surface area contributed by atoms with Gasteiger partial charge in [-0.25, -0.2) is 0 Å². The van der Waals surface area contributed by atoms with E-state index in [0.717, 1.165) is 17.9 Å². The SMILES string of the molecule is Cc1cc(C(=O)N2CC(C)CN(C)c3ccccc32)on1. The molecule has 0 fully saturated rings. The summed E-state index contributed by atoms with van der Waals surface area (Å²) in [5.41, 5.74) is 2.70. The molecule has 21 heavy (non-hydrogen) atoms. The Labute approximate surface area is 124 Å². The Bertz CT molecular complexity index is 665. The van der Waals surface area contributed by atoms with E-state index in [1.54, 1.807) is 11.0 Å². The quantitative estimate of drug-likeness (QED) is 0.808. The number of carbonyl (C=O) groups excluding carboxylic acids is 1. The van der Waals surface area contributed by atoms with Crippen molar-refractivity contribution in [2.45, 2.75) is 13.8 Å². The smallest absolute Gasteiger partial charge is 0.296 e. The highest BCUT2D eigenvalue weighted by Gasteiger charge is 2.29. The zero-order chi connectivity index (χ0) is 15.0. The van der Waals surface area contributed by atoms with Crippen molar-refractivity contribution < 1.29 is 9.32 Å². The molecule has 110 valence electrons. The van der Waals surface area contributed by atoms with Crippen LogP contribution < -0.4 is 9.80 Å². The lowest BCUT2D eigenvalue weighted by Crippen LogP contribution is -2.34. The minimum atomic E-state index is -0.134. The Balaban J connectivity index is 2.03. The van der Waals surface area contributed by atoms with Crippen LogP contribution in [0.4, 0.5) is 11.4 Å². The second-order valence-electron chi connectivity index (χ2n) is 5.72. The standard InChI is InChI=1S/C16H19N3O2/c1-11-9-18(3)13-6-4-5-7-14(13)19(10-11)16(20)15-8-12(2)17-21-15/h4-8,11H,9-10H2,1-3H3. The van der Waals surface area contributed by atoms with E-state index >= 15 is 0 Å². The molecule has 0 saturated heterocycles. The first-order chi connectivity index (χ1) is 10.1. The summed E-state index contributed by atoms with van der Waals surface area (Å²) in [6, 6.07) is 9.65. The van der Waals surface area contributed by atoms with Gasteiger partial charge in [-0.15, -0.1) is 0 Å². The van der Waals surface area contributed by atoms with Gasteiger partial charge in [0, 0.05) is 26.2 Å². The molecule has 0 spiro atoms. The fourth-order valence-corrected chi connectivity index (χ4v) is 2.84. The molecule has 0 N–H and O–H groups in total. The summed E-state index contributed by atoms with van der Waals surface area (Å²) in [5.74, 6) is 0.527. The van der Waals surface area contributed by atoms with Gasteiger partial charge in [-0.1, -0.05) is 24.2 Å². The third-order valence-corrected chi connectivity index (χ3v) is 3.75. The Morgan fingerprint density at radius 1 is 1.29 bits per heavy atom. The summed E-state index contributed by atoms with van der Waals surface area (Å²) >= 11 is 0. The maximum atomic E-state index is 12.8. The van der Waals surface area contributed by atoms with Crippen molar-refractivity contribution in [3.05, 3.63) is 41.8 Å². The number of hydrogen-bond donors (Lipinski definition) is 0. The molecule has 3 rings (SSSR count). The van der Waals surface area contributed by atoms with Crippen LogP contribution in [0.1, 0.15) is 23.2 Å². The second-order valence-corrected chi connectivity index (χ2v) is 5.72. The molecule has 5 nitrogen and oxygen atoms in total. The zero-order valence-corrected chi connectivity index (χ0v) is 12.5. The summed E-state index contributed by atoms with van der Waals surface area (Å²) in [7, 11) is 2.06. The molecule has 0 saturated carbocycles. The molecule has 1 aromatic carbocycles. The van der Waals surface area contributed by atoms with E-state index in [9.17, 15) is 4.79 Å². The molecule has 0 bridgehead atoms. The number of benzene rings is 1. The van der Waals surface area contributed by atoms with Gasteiger partial charge in [0.2, 0.25) is 5.76 Å². The number of nitrogens with zero attached hydrogens (tertiary/aromatic N) is 3. The van der Waals surface area contributed by atoms with Crippen LogP contribution in [0.2, 0.25) is 0 Å². The van der Waals surface area contributed by atoms with E-state index in [1.165, 1.54) is 0 Å². The third kappa shape index (κ3) is 2.51. The number of hydrogen-bond acceptors (Lipinski definition) is 4. The average Bonchev–Trinajstić information content (AvgIpc) is 2.85. The lowest BCUT2D eigenvalue weighted by Gasteiger charge is -2.23. The molecule has 1 aliphatic rings. The highest BCUT2D eigenvalue weighted by Crippen LogP contribution is 2.33. The molecule has 1 aromatic heterocycles. The van der Waals surface area contributed by atoms with E-state index in [0.29, 0.717) is 23.9 Å². The molecule has 5 heteroatoms. The predicted octanol–water partition coefficient (Wildman–Crippen LogP) is 2.72. The van der Waals surface area contributed by atoms with Crippen molar-refractivity contribution in [3.8, 4) is 0 Å². The van der Waals surface area contributed by atoms with Gasteiger partial charge in [0.25, 0.3) is 5.91 Å². The molecule has 0 radical (unpaired) electrons. The van der Waals surface area contributed by atoms with E-state index in [1.807, 2.05) is 31.2 Å². The van der Waals surface area contributed by atoms with Crippen LogP contribution in [0.5, 0.6) is 0 Å². The van der Waals surface area contributed by atoms with Crippen LogP contribution in [0.3, 0.4) is 0 Å². The second kappa shape index (κ2) is 5.24. The molecule has 0 aliphatic carbocycles. The van der Waals surface area contributed by atoms with Crippen molar-refractivity contribution in [1.29, 1.82) is 0 Å². The molecular formula is C16H19N3O2. The minimum Gasteiger partial charge on any atom is -0.373 e. The van der Waals surface area contributed by atoms with Gasteiger partial charge in [-0.2, -0.15) is 0 Å². The lowest BCUT2D eigenvalue weighted by molar-refractivity contribution is 0.0948. The van der Waals surface area contributed by atoms with Crippen molar-refractivity contribution >= 4 is 17.3 Å². The summed E-state index contributed by atoms with van der Waals surface area (Å²) in [5, 5.41) is 3.81. The molecule has 1 aliphatic heterocycles. The Hall–Kier alpha value is -2.30. The van der Waals surface area contributed by atoms with Crippen LogP contribution in [-0.4, -0.2) is 31.2 Å². The Morgan fingerprint density at radius 3 is 2.67 bits per heavy atom. The zero-order valence-electron chi connectivity index (χ0n) is 12.5. The number of amides is 1. The van der Waals surface area contributed by atoms with Crippen molar-refractivity contribution in [3.63, 3.8) is 0 Å². The summed E-state index contributed by atoms with van der Waals surface area (Å²) in [6.07, 6.45) is 0. The van der Waals surface area contributed by atoms with E-state index < -0.39 is 0 Å². The first-order valence-electron chi connectivity index (χ1n) is 7.11. The van der Waals surface area contributed by atoms with Gasteiger partial charge in [-0.05, 0) is 25.0 Å². The van der Waals surface area contributed by atoms with Crippen LogP contribution in [0.25, 0.3) is 0 Å². The first kappa shape index (κ1) is 13.7. The van der Waals surface area contributed by atoms with Crippen molar-refractivity contribution in [2.75, 3.05) is 29.9 Å². The number of aromatic nitrogens is 1. The first-order valence-corrected chi connectivity index (χ1v) is 7.11. The highest BCUT2D eigenvalue weighted by atomic mass is 16.5. The summed E-state index contributed by atoms with van der Waals surface area (Å²) in [4.78, 5) is 16.7. The van der Waals surface area contributed by atoms with Gasteiger partial charge in [-0.3, -0.25) is 4.79 Å². The lowest BCUT2D eigenvalue weighted by atomic mass is 10.1. The number of aryl methyl sites for hydroxylation is 1. The number of para-hydroxylation sites is 2. The molecule has 1 unspecified atom stereocenters. The van der Waals surface area contributed by atoms with Crippen LogP contribution in [0.15, 0.2) is 34.9 Å². The minimum absolute atomic E-state index is 0.134. The summed E-state index contributed by atoms with van der Waals surface area (Å²) in [6.45, 7) is 5.54. The fraction of sp³-hybridized carbons (Fsp3) is 0.375. The third-order valence-electron chi connectivity index (χ3n) is 3.75. The Kier molecular flexibility index (Phi) is 3.41. The number of anilines is 2. The fourth-order valence-electron chi connectivity index (χ4n) is 2.84. The Morgan fingerprint density at radius 2 is 2.00 bits per heavy atom. The molecule has 1 atom stereocenters. The van der Waals surface area contributed by atoms with Gasteiger partial charge in [0.15, 0.2) is 0 Å². The van der Waals surface area contributed by atoms with Gasteiger partial charge < -0.3 is 14.3 Å². The topological polar surface area (TPSA) is 49.6 Å². The van der Waals surface area contributed by atoms with E-state index in [-0.39, 0.29) is 5.91 Å². The largest absolute Gasteiger partial charge is 0.373 e. The molecule has 2 aromatic rings. The maximum Gasteiger partial charge on any atom is 0.296 e. The van der Waals surface area contributed by atoms with Crippen molar-refractivity contribution in [2.24, 2.45) is 5.92 Å². The predicted molar refractivity (Wildman–Crippen MR) is 81.8 cm³/mol.